The zero-order valence-electron chi connectivity index (χ0n) is 18.0. The van der Waals surface area contributed by atoms with E-state index >= 15 is 0 Å². The van der Waals surface area contributed by atoms with Gasteiger partial charge in [0.05, 0.1) is 21.9 Å². The summed E-state index contributed by atoms with van der Waals surface area (Å²) in [4.78, 5) is 18.2. The number of carbonyl (C=O) groups excluding carboxylic acids is 1. The van der Waals surface area contributed by atoms with Crippen LogP contribution >= 0.6 is 11.3 Å². The lowest BCUT2D eigenvalue weighted by Crippen LogP contribution is -2.14. The Labute approximate surface area is 195 Å². The largest absolute Gasteiger partial charge is 0.302 e. The molecule has 1 N–H and O–H groups in total. The molecule has 4 aromatic rings. The van der Waals surface area contributed by atoms with E-state index in [1.165, 1.54) is 35.6 Å². The first-order chi connectivity index (χ1) is 15.7. The number of aromatic nitrogens is 1. The summed E-state index contributed by atoms with van der Waals surface area (Å²) >= 11 is 1.28. The molecule has 0 saturated carbocycles. The lowest BCUT2D eigenvalue weighted by Gasteiger charge is -2.04. The van der Waals surface area contributed by atoms with Crippen LogP contribution in [0, 0.1) is 12.7 Å². The lowest BCUT2D eigenvalue weighted by molar-refractivity contribution is -0.115. The Hall–Kier alpha value is -3.36. The number of thiazole rings is 1. The Morgan fingerprint density at radius 1 is 0.939 bits per heavy atom. The van der Waals surface area contributed by atoms with E-state index in [0.717, 1.165) is 27.8 Å². The fraction of sp³-hybridized carbons (Fsp3) is 0.120. The monoisotopic (exact) mass is 480 g/mol. The Balaban J connectivity index is 1.67. The van der Waals surface area contributed by atoms with Crippen LogP contribution in [0.25, 0.3) is 21.7 Å². The van der Waals surface area contributed by atoms with Gasteiger partial charge in [0.2, 0.25) is 5.91 Å². The molecule has 1 aromatic heterocycles. The zero-order valence-corrected chi connectivity index (χ0v) is 19.6. The van der Waals surface area contributed by atoms with Gasteiger partial charge in [-0.1, -0.05) is 65.4 Å². The van der Waals surface area contributed by atoms with Crippen LogP contribution in [-0.4, -0.2) is 25.6 Å². The normalized spacial score (nSPS) is 11.4. The Bertz CT molecular complexity index is 1390. The number of amides is 1. The predicted octanol–water partition coefficient (Wildman–Crippen LogP) is 5.51. The van der Waals surface area contributed by atoms with E-state index in [-0.39, 0.29) is 23.0 Å². The highest BCUT2D eigenvalue weighted by atomic mass is 32.2. The van der Waals surface area contributed by atoms with Crippen molar-refractivity contribution in [2.45, 2.75) is 18.2 Å². The minimum absolute atomic E-state index is 0.197. The summed E-state index contributed by atoms with van der Waals surface area (Å²) in [6, 6.07) is 20.2. The Morgan fingerprint density at radius 2 is 1.55 bits per heavy atom. The molecule has 0 fully saturated rings. The van der Waals surface area contributed by atoms with Crippen LogP contribution in [0.1, 0.15) is 11.1 Å². The molecular formula is C25H21FN2O3S2. The molecule has 8 heteroatoms. The minimum atomic E-state index is -3.33. The number of benzene rings is 3. The second-order valence-electron chi connectivity index (χ2n) is 7.71. The molecule has 0 bridgehead atoms. The van der Waals surface area contributed by atoms with Crippen LogP contribution in [0.15, 0.2) is 77.7 Å². The summed E-state index contributed by atoms with van der Waals surface area (Å²) in [7, 11) is -3.33. The highest BCUT2D eigenvalue weighted by molar-refractivity contribution is 7.90. The van der Waals surface area contributed by atoms with Crippen LogP contribution in [0.4, 0.5) is 9.52 Å². The maximum absolute atomic E-state index is 13.5. The Morgan fingerprint density at radius 3 is 2.15 bits per heavy atom. The van der Waals surface area contributed by atoms with Gasteiger partial charge in [-0.15, -0.1) is 0 Å². The van der Waals surface area contributed by atoms with Gasteiger partial charge in [-0.25, -0.2) is 17.8 Å². The molecule has 4 rings (SSSR count). The standard InChI is InChI=1S/C25H21FN2O3S2/c1-16-3-5-17(6-4-16)15-22(29)27-25-28-23(18-9-13-21(14-10-18)33(2,30)31)24(32-25)19-7-11-20(26)12-8-19/h3-14H,15H2,1-2H3,(H,27,28,29). The summed E-state index contributed by atoms with van der Waals surface area (Å²) in [6.07, 6.45) is 1.36. The molecule has 5 nitrogen and oxygen atoms in total. The van der Waals surface area contributed by atoms with Crippen molar-refractivity contribution in [2.75, 3.05) is 11.6 Å². The van der Waals surface area contributed by atoms with E-state index in [1.807, 2.05) is 31.2 Å². The van der Waals surface area contributed by atoms with E-state index in [2.05, 4.69) is 10.3 Å². The number of nitrogens with one attached hydrogen (secondary N) is 1. The van der Waals surface area contributed by atoms with E-state index in [1.54, 1.807) is 24.3 Å². The molecule has 0 spiro atoms. The molecule has 0 radical (unpaired) electrons. The van der Waals surface area contributed by atoms with Crippen molar-refractivity contribution < 1.29 is 17.6 Å². The Kier molecular flexibility index (Phi) is 6.40. The van der Waals surface area contributed by atoms with Gasteiger partial charge in [-0.05, 0) is 42.3 Å². The fourth-order valence-electron chi connectivity index (χ4n) is 3.28. The van der Waals surface area contributed by atoms with Gasteiger partial charge in [0.15, 0.2) is 15.0 Å². The first-order valence-corrected chi connectivity index (χ1v) is 12.8. The molecule has 0 unspecified atom stereocenters. The summed E-state index contributed by atoms with van der Waals surface area (Å²) in [5.41, 5.74) is 4.03. The van der Waals surface area contributed by atoms with E-state index in [0.29, 0.717) is 16.4 Å². The van der Waals surface area contributed by atoms with Gasteiger partial charge < -0.3 is 5.32 Å². The highest BCUT2D eigenvalue weighted by Gasteiger charge is 2.18. The fourth-order valence-corrected chi connectivity index (χ4v) is 4.92. The van der Waals surface area contributed by atoms with Crippen molar-refractivity contribution >= 4 is 32.2 Å². The van der Waals surface area contributed by atoms with Gasteiger partial charge in [0.25, 0.3) is 0 Å². The zero-order chi connectivity index (χ0) is 23.6. The van der Waals surface area contributed by atoms with Crippen LogP contribution in [-0.2, 0) is 21.1 Å². The number of aryl methyl sites for hydroxylation is 1. The molecule has 1 heterocycles. The molecule has 1 amide bonds. The number of nitrogens with zero attached hydrogens (tertiary/aromatic N) is 1. The third kappa shape index (κ3) is 5.53. The van der Waals surface area contributed by atoms with Crippen molar-refractivity contribution in [3.63, 3.8) is 0 Å². The SMILES string of the molecule is Cc1ccc(CC(=O)Nc2nc(-c3ccc(S(C)(=O)=O)cc3)c(-c3ccc(F)cc3)s2)cc1. The molecule has 33 heavy (non-hydrogen) atoms. The topological polar surface area (TPSA) is 76.1 Å². The number of sulfone groups is 1. The van der Waals surface area contributed by atoms with Crippen LogP contribution in [0.2, 0.25) is 0 Å². The number of rotatable bonds is 6. The highest BCUT2D eigenvalue weighted by Crippen LogP contribution is 2.39. The predicted molar refractivity (Wildman–Crippen MR) is 130 cm³/mol. The minimum Gasteiger partial charge on any atom is -0.302 e. The summed E-state index contributed by atoms with van der Waals surface area (Å²) in [5.74, 6) is -0.550. The average Bonchev–Trinajstić information content (AvgIpc) is 3.19. The van der Waals surface area contributed by atoms with Crippen LogP contribution in [0.5, 0.6) is 0 Å². The number of halogens is 1. The molecule has 0 saturated heterocycles. The molecular weight excluding hydrogens is 459 g/mol. The number of anilines is 1. The summed E-state index contributed by atoms with van der Waals surface area (Å²) < 4.78 is 37.1. The van der Waals surface area contributed by atoms with E-state index in [4.69, 9.17) is 0 Å². The quantitative estimate of drug-likeness (QED) is 0.395. The van der Waals surface area contributed by atoms with Crippen LogP contribution < -0.4 is 5.32 Å². The maximum Gasteiger partial charge on any atom is 0.230 e. The molecule has 0 aliphatic rings. The number of hydrogen-bond acceptors (Lipinski definition) is 5. The van der Waals surface area contributed by atoms with Gasteiger partial charge in [-0.3, -0.25) is 4.79 Å². The van der Waals surface area contributed by atoms with E-state index < -0.39 is 9.84 Å². The van der Waals surface area contributed by atoms with Gasteiger partial charge in [0.1, 0.15) is 5.82 Å². The third-order valence-corrected chi connectivity index (χ3v) is 7.17. The van der Waals surface area contributed by atoms with Crippen molar-refractivity contribution in [1.29, 1.82) is 0 Å². The average molecular weight is 481 g/mol. The van der Waals surface area contributed by atoms with Crippen LogP contribution in [0.3, 0.4) is 0 Å². The second-order valence-corrected chi connectivity index (χ2v) is 10.7. The maximum atomic E-state index is 13.5. The van der Waals surface area contributed by atoms with Crippen molar-refractivity contribution in [2.24, 2.45) is 0 Å². The number of hydrogen-bond donors (Lipinski definition) is 1. The third-order valence-electron chi connectivity index (χ3n) is 5.02. The summed E-state index contributed by atoms with van der Waals surface area (Å²) in [6.45, 7) is 1.99. The van der Waals surface area contributed by atoms with Gasteiger partial charge >= 0.3 is 0 Å². The van der Waals surface area contributed by atoms with Gasteiger partial charge in [0, 0.05) is 11.8 Å². The van der Waals surface area contributed by atoms with E-state index in [9.17, 15) is 17.6 Å². The second kappa shape index (κ2) is 9.25. The summed E-state index contributed by atoms with van der Waals surface area (Å²) in [5, 5.41) is 3.26. The van der Waals surface area contributed by atoms with Crippen molar-refractivity contribution in [1.82, 2.24) is 4.98 Å². The lowest BCUT2D eigenvalue weighted by atomic mass is 10.1. The molecule has 3 aromatic carbocycles. The smallest absolute Gasteiger partial charge is 0.230 e. The molecule has 0 aliphatic heterocycles. The van der Waals surface area contributed by atoms with Crippen molar-refractivity contribution in [3.05, 3.63) is 89.7 Å². The first kappa shape index (κ1) is 22.8. The first-order valence-electron chi connectivity index (χ1n) is 10.1. The molecule has 0 aliphatic carbocycles. The van der Waals surface area contributed by atoms with Gasteiger partial charge in [-0.2, -0.15) is 0 Å². The molecule has 0 atom stereocenters. The van der Waals surface area contributed by atoms with Crippen molar-refractivity contribution in [3.8, 4) is 21.7 Å². The molecule has 168 valence electrons. The number of carbonyl (C=O) groups is 1.